The molecule has 19 heavy (non-hydrogen) atoms. The maximum atomic E-state index is 10.5. The Hall–Kier alpha value is -2.08. The van der Waals surface area contributed by atoms with Gasteiger partial charge in [-0.15, -0.1) is 11.3 Å². The lowest BCUT2D eigenvalue weighted by Gasteiger charge is -1.99. The summed E-state index contributed by atoms with van der Waals surface area (Å²) < 4.78 is 10.6. The highest BCUT2D eigenvalue weighted by molar-refractivity contribution is 7.13. The van der Waals surface area contributed by atoms with Crippen molar-refractivity contribution in [2.75, 3.05) is 6.79 Å². The quantitative estimate of drug-likeness (QED) is 0.930. The molecular weight excluding hydrogens is 266 g/mol. The van der Waals surface area contributed by atoms with Gasteiger partial charge in [0, 0.05) is 17.4 Å². The summed E-state index contributed by atoms with van der Waals surface area (Å²) in [6.45, 7) is 0.251. The number of aromatic nitrogens is 1. The van der Waals surface area contributed by atoms with Crippen LogP contribution in [0, 0.1) is 0 Å². The zero-order valence-corrected chi connectivity index (χ0v) is 10.8. The van der Waals surface area contributed by atoms with Crippen molar-refractivity contribution in [1.82, 2.24) is 4.98 Å². The number of thiazole rings is 1. The second-order valence-electron chi connectivity index (χ2n) is 4.11. The van der Waals surface area contributed by atoms with Crippen molar-refractivity contribution in [3.8, 4) is 22.1 Å². The number of carboxylic acids is 1. The maximum absolute atomic E-state index is 10.5. The van der Waals surface area contributed by atoms with Gasteiger partial charge in [0.15, 0.2) is 11.5 Å². The summed E-state index contributed by atoms with van der Waals surface area (Å²) in [4.78, 5) is 15.0. The largest absolute Gasteiger partial charge is 0.481 e. The lowest BCUT2D eigenvalue weighted by atomic mass is 10.2. The molecule has 0 saturated carbocycles. The van der Waals surface area contributed by atoms with Crippen molar-refractivity contribution in [3.63, 3.8) is 0 Å². The third kappa shape index (κ3) is 2.53. The fourth-order valence-corrected chi connectivity index (χ4v) is 2.67. The van der Waals surface area contributed by atoms with Crippen LogP contribution in [0.2, 0.25) is 0 Å². The molecule has 0 aliphatic carbocycles. The normalized spacial score (nSPS) is 12.6. The Morgan fingerprint density at radius 3 is 3.05 bits per heavy atom. The Morgan fingerprint density at radius 1 is 1.37 bits per heavy atom. The van der Waals surface area contributed by atoms with Crippen molar-refractivity contribution in [2.24, 2.45) is 0 Å². The number of hydrogen-bond donors (Lipinski definition) is 1. The Labute approximate surface area is 113 Å². The predicted molar refractivity (Wildman–Crippen MR) is 69.6 cm³/mol. The summed E-state index contributed by atoms with van der Waals surface area (Å²) in [7, 11) is 0. The van der Waals surface area contributed by atoms with Gasteiger partial charge in [0.25, 0.3) is 0 Å². The average molecular weight is 277 g/mol. The monoisotopic (exact) mass is 277 g/mol. The third-order valence-electron chi connectivity index (χ3n) is 2.77. The zero-order chi connectivity index (χ0) is 13.2. The summed E-state index contributed by atoms with van der Waals surface area (Å²) in [6, 6.07) is 5.67. The van der Waals surface area contributed by atoms with Gasteiger partial charge in [-0.05, 0) is 18.2 Å². The molecule has 98 valence electrons. The second kappa shape index (κ2) is 4.89. The smallest absolute Gasteiger partial charge is 0.303 e. The minimum absolute atomic E-state index is 0.102. The molecule has 0 saturated heterocycles. The van der Waals surface area contributed by atoms with Crippen molar-refractivity contribution in [3.05, 3.63) is 29.3 Å². The maximum Gasteiger partial charge on any atom is 0.303 e. The van der Waals surface area contributed by atoms with Crippen LogP contribution < -0.4 is 9.47 Å². The number of benzene rings is 1. The van der Waals surface area contributed by atoms with Crippen LogP contribution in [0.25, 0.3) is 10.6 Å². The second-order valence-corrected chi connectivity index (χ2v) is 4.96. The highest BCUT2D eigenvalue weighted by Gasteiger charge is 2.15. The molecule has 1 aromatic carbocycles. The number of aliphatic carboxylic acids is 1. The van der Waals surface area contributed by atoms with Crippen LogP contribution in [-0.4, -0.2) is 22.9 Å². The molecule has 1 aliphatic rings. The van der Waals surface area contributed by atoms with Crippen LogP contribution in [0.15, 0.2) is 23.6 Å². The van der Waals surface area contributed by atoms with Crippen molar-refractivity contribution in [1.29, 1.82) is 0 Å². The van der Waals surface area contributed by atoms with Crippen LogP contribution >= 0.6 is 11.3 Å². The predicted octanol–water partition coefficient (Wildman–Crippen LogP) is 2.56. The fraction of sp³-hybridized carbons (Fsp3) is 0.231. The molecular formula is C13H11NO4S. The van der Waals surface area contributed by atoms with Gasteiger partial charge >= 0.3 is 5.97 Å². The number of carboxylic acid groups (broad SMARTS) is 1. The topological polar surface area (TPSA) is 68.7 Å². The van der Waals surface area contributed by atoms with Crippen LogP contribution in [0.4, 0.5) is 0 Å². The van der Waals surface area contributed by atoms with E-state index >= 15 is 0 Å². The van der Waals surface area contributed by atoms with Gasteiger partial charge < -0.3 is 14.6 Å². The molecule has 0 amide bonds. The fourth-order valence-electron chi connectivity index (χ4n) is 1.82. The minimum atomic E-state index is -0.808. The van der Waals surface area contributed by atoms with E-state index in [1.54, 1.807) is 0 Å². The van der Waals surface area contributed by atoms with Crippen LogP contribution in [0.3, 0.4) is 0 Å². The summed E-state index contributed by atoms with van der Waals surface area (Å²) in [5.74, 6) is 0.656. The van der Waals surface area contributed by atoms with E-state index in [1.165, 1.54) is 11.3 Å². The number of nitrogens with zero attached hydrogens (tertiary/aromatic N) is 1. The minimum Gasteiger partial charge on any atom is -0.481 e. The van der Waals surface area contributed by atoms with E-state index in [0.29, 0.717) is 6.42 Å². The highest BCUT2D eigenvalue weighted by atomic mass is 32.1. The summed E-state index contributed by atoms with van der Waals surface area (Å²) >= 11 is 1.50. The van der Waals surface area contributed by atoms with E-state index in [-0.39, 0.29) is 13.2 Å². The lowest BCUT2D eigenvalue weighted by Crippen LogP contribution is -1.97. The molecule has 0 radical (unpaired) electrons. The van der Waals surface area contributed by atoms with Crippen LogP contribution in [0.5, 0.6) is 11.5 Å². The molecule has 2 heterocycles. The molecule has 0 bridgehead atoms. The number of rotatable bonds is 4. The molecule has 2 aromatic rings. The molecule has 0 fully saturated rings. The van der Waals surface area contributed by atoms with Crippen molar-refractivity contribution in [2.45, 2.75) is 12.8 Å². The number of ether oxygens (including phenoxy) is 2. The first-order valence-corrected chi connectivity index (χ1v) is 6.66. The summed E-state index contributed by atoms with van der Waals surface area (Å²) in [5.41, 5.74) is 1.76. The van der Waals surface area contributed by atoms with E-state index in [2.05, 4.69) is 4.98 Å². The van der Waals surface area contributed by atoms with E-state index in [1.807, 2.05) is 23.6 Å². The molecule has 0 spiro atoms. The first kappa shape index (κ1) is 12.0. The Balaban J connectivity index is 1.80. The first-order chi connectivity index (χ1) is 9.22. The third-order valence-corrected chi connectivity index (χ3v) is 3.71. The molecule has 3 rings (SSSR count). The number of aryl methyl sites for hydroxylation is 1. The van der Waals surface area contributed by atoms with Crippen molar-refractivity contribution < 1.29 is 19.4 Å². The van der Waals surface area contributed by atoms with Gasteiger partial charge in [0.1, 0.15) is 5.01 Å². The highest BCUT2D eigenvalue weighted by Crippen LogP contribution is 2.36. The van der Waals surface area contributed by atoms with E-state index < -0.39 is 5.97 Å². The molecule has 1 N–H and O–H groups in total. The number of hydrogen-bond acceptors (Lipinski definition) is 5. The van der Waals surface area contributed by atoms with E-state index in [4.69, 9.17) is 14.6 Å². The SMILES string of the molecule is O=C(O)CCc1csc(-c2ccc3c(c2)OCO3)n1. The molecule has 0 atom stereocenters. The zero-order valence-electron chi connectivity index (χ0n) is 9.96. The Kier molecular flexibility index (Phi) is 3.08. The average Bonchev–Trinajstić information content (AvgIpc) is 3.04. The molecule has 0 unspecified atom stereocenters. The van der Waals surface area contributed by atoms with Gasteiger partial charge in [0.05, 0.1) is 12.1 Å². The van der Waals surface area contributed by atoms with Gasteiger partial charge in [-0.1, -0.05) is 0 Å². The lowest BCUT2D eigenvalue weighted by molar-refractivity contribution is -0.136. The molecule has 1 aliphatic heterocycles. The number of carbonyl (C=O) groups is 1. The van der Waals surface area contributed by atoms with Gasteiger partial charge in [-0.3, -0.25) is 4.79 Å². The molecule has 1 aromatic heterocycles. The standard InChI is InChI=1S/C13H11NO4S/c15-12(16)4-2-9-6-19-13(14-9)8-1-3-10-11(5-8)18-7-17-10/h1,3,5-6H,2,4,7H2,(H,15,16). The number of fused-ring (bicyclic) bond motifs is 1. The van der Waals surface area contributed by atoms with Gasteiger partial charge in [0.2, 0.25) is 6.79 Å². The Morgan fingerprint density at radius 2 is 2.21 bits per heavy atom. The van der Waals surface area contributed by atoms with Crippen LogP contribution in [-0.2, 0) is 11.2 Å². The molecule has 5 nitrogen and oxygen atoms in total. The van der Waals surface area contributed by atoms with E-state index in [9.17, 15) is 4.79 Å². The van der Waals surface area contributed by atoms with Gasteiger partial charge in [-0.2, -0.15) is 0 Å². The Bertz CT molecular complexity index is 623. The molecule has 6 heteroatoms. The van der Waals surface area contributed by atoms with Gasteiger partial charge in [-0.25, -0.2) is 4.98 Å². The van der Waals surface area contributed by atoms with Crippen LogP contribution in [0.1, 0.15) is 12.1 Å². The van der Waals surface area contributed by atoms with Crippen molar-refractivity contribution >= 4 is 17.3 Å². The first-order valence-electron chi connectivity index (χ1n) is 5.78. The van der Waals surface area contributed by atoms with E-state index in [0.717, 1.165) is 27.8 Å². The summed E-state index contributed by atoms with van der Waals surface area (Å²) in [6.07, 6.45) is 0.556. The summed E-state index contributed by atoms with van der Waals surface area (Å²) in [5, 5.41) is 11.4.